The van der Waals surface area contributed by atoms with E-state index in [1.165, 1.54) is 74.5 Å². The maximum atomic E-state index is 13.2. The third-order valence-corrected chi connectivity index (χ3v) is 23.3. The van der Waals surface area contributed by atoms with E-state index < -0.39 is 0 Å². The Morgan fingerprint density at radius 1 is 0.600 bits per heavy atom. The Balaban J connectivity index is 0.761. The minimum atomic E-state index is -0.0531. The van der Waals surface area contributed by atoms with Gasteiger partial charge in [0.1, 0.15) is 12.2 Å². The van der Waals surface area contributed by atoms with E-state index in [9.17, 15) is 14.7 Å². The van der Waals surface area contributed by atoms with Crippen molar-refractivity contribution in [3.63, 3.8) is 0 Å². The third-order valence-electron chi connectivity index (χ3n) is 23.3. The lowest BCUT2D eigenvalue weighted by atomic mass is 9.50. The number of hydrogen-bond acceptors (Lipinski definition) is 6. The Kier molecular flexibility index (Phi) is 24.4. The summed E-state index contributed by atoms with van der Waals surface area (Å²) < 4.78 is 12.3. The summed E-state index contributed by atoms with van der Waals surface area (Å²) in [5.41, 5.74) is 8.34. The maximum absolute atomic E-state index is 13.2. The minimum absolute atomic E-state index is 0.0100. The number of allylic oxidation sites excluding steroid dienone is 11. The quantitative estimate of drug-likeness (QED) is 0.0457. The highest BCUT2D eigenvalue weighted by Gasteiger charge is 2.57. The molecule has 0 aromatic carbocycles. The average molecular weight is 1100 g/mol. The molecule has 7 aliphatic carbocycles. The van der Waals surface area contributed by atoms with Crippen molar-refractivity contribution in [2.24, 2.45) is 81.3 Å². The fourth-order valence-electron chi connectivity index (χ4n) is 17.2. The molecule has 7 aliphatic rings. The van der Waals surface area contributed by atoms with E-state index >= 15 is 0 Å². The first kappa shape index (κ1) is 64.6. The van der Waals surface area contributed by atoms with Crippen LogP contribution in [0.25, 0.3) is 0 Å². The number of ether oxygens (including phenoxy) is 2. The smallest absolute Gasteiger partial charge is 0.306 e. The Morgan fingerprint density at radius 3 is 1.74 bits per heavy atom. The molecule has 6 saturated carbocycles. The second kappa shape index (κ2) is 30.2. The Hall–Kier alpha value is -2.96. The molecule has 6 nitrogen and oxygen atoms in total. The molecular formula is C74H119NO5. The summed E-state index contributed by atoms with van der Waals surface area (Å²) in [6.45, 7) is 34.6. The number of esters is 2. The molecule has 0 amide bonds. The number of unbranched alkanes of at least 4 members (excludes halogenated alkanes) is 7. The van der Waals surface area contributed by atoms with Crippen molar-refractivity contribution in [2.45, 2.75) is 262 Å². The number of nitrogens with zero attached hydrogens (tertiary/aromatic N) is 1. The first-order valence-electron chi connectivity index (χ1n) is 33.8. The lowest BCUT2D eigenvalue weighted by molar-refractivity contribution is -0.151. The van der Waals surface area contributed by atoms with Crippen LogP contribution in [0.4, 0.5) is 0 Å². The van der Waals surface area contributed by atoms with Crippen molar-refractivity contribution in [1.29, 1.82) is 0 Å². The molecule has 0 aliphatic heterocycles. The molecule has 14 unspecified atom stereocenters. The molecule has 0 radical (unpaired) electrons. The molecule has 0 saturated heterocycles. The summed E-state index contributed by atoms with van der Waals surface area (Å²) in [6, 6.07) is 0. The maximum Gasteiger partial charge on any atom is 0.306 e. The summed E-state index contributed by atoms with van der Waals surface area (Å²) in [5.74, 6) is 7.30. The fourth-order valence-corrected chi connectivity index (χ4v) is 17.2. The number of aliphatic hydroxyl groups excluding tert-OH is 1. The minimum Gasteiger partial charge on any atom is -0.462 e. The molecule has 0 heterocycles. The largest absolute Gasteiger partial charge is 0.462 e. The third kappa shape index (κ3) is 16.5. The molecule has 14 atom stereocenters. The van der Waals surface area contributed by atoms with Gasteiger partial charge >= 0.3 is 11.9 Å². The molecule has 1 N–H and O–H groups in total. The second-order valence-corrected chi connectivity index (χ2v) is 29.2. The van der Waals surface area contributed by atoms with Crippen LogP contribution in [0.2, 0.25) is 0 Å². The van der Waals surface area contributed by atoms with Crippen LogP contribution in [-0.4, -0.2) is 60.4 Å². The van der Waals surface area contributed by atoms with E-state index in [2.05, 4.69) is 136 Å². The normalized spacial score (nSPS) is 33.2. The van der Waals surface area contributed by atoms with Gasteiger partial charge in [-0.05, 0) is 229 Å². The van der Waals surface area contributed by atoms with E-state index in [4.69, 9.17) is 9.47 Å². The van der Waals surface area contributed by atoms with Crippen molar-refractivity contribution in [3.8, 4) is 0 Å². The van der Waals surface area contributed by atoms with Gasteiger partial charge in [0.25, 0.3) is 0 Å². The highest BCUT2D eigenvalue weighted by Crippen LogP contribution is 2.66. The van der Waals surface area contributed by atoms with Gasteiger partial charge in [0.05, 0.1) is 0 Å². The van der Waals surface area contributed by atoms with E-state index in [0.29, 0.717) is 76.9 Å². The number of fused-ring (bicyclic) bond motifs is 6. The monoisotopic (exact) mass is 1100 g/mol. The van der Waals surface area contributed by atoms with Crippen molar-refractivity contribution in [3.05, 3.63) is 83.1 Å². The van der Waals surface area contributed by atoms with Crippen LogP contribution in [0, 0.1) is 81.3 Å². The molecule has 6 fully saturated rings. The van der Waals surface area contributed by atoms with Gasteiger partial charge in [0, 0.05) is 32.3 Å². The molecule has 0 bridgehead atoms. The predicted molar refractivity (Wildman–Crippen MR) is 336 cm³/mol. The second-order valence-electron chi connectivity index (χ2n) is 29.2. The Labute approximate surface area is 491 Å². The first-order chi connectivity index (χ1) is 38.3. The lowest BCUT2D eigenvalue weighted by Gasteiger charge is -2.55. The van der Waals surface area contributed by atoms with Crippen LogP contribution < -0.4 is 0 Å². The summed E-state index contributed by atoms with van der Waals surface area (Å²) in [5, 5.41) is 9.49. The van der Waals surface area contributed by atoms with E-state index in [-0.39, 0.29) is 36.2 Å². The van der Waals surface area contributed by atoms with Crippen molar-refractivity contribution in [2.75, 3.05) is 26.2 Å². The van der Waals surface area contributed by atoms with Crippen LogP contribution in [0.15, 0.2) is 83.1 Å². The van der Waals surface area contributed by atoms with Crippen LogP contribution in [0.5, 0.6) is 0 Å². The van der Waals surface area contributed by atoms with Gasteiger partial charge in [-0.3, -0.25) is 9.59 Å². The molecule has 450 valence electrons. The van der Waals surface area contributed by atoms with Crippen LogP contribution in [0.1, 0.15) is 250 Å². The van der Waals surface area contributed by atoms with Gasteiger partial charge in [-0.25, -0.2) is 0 Å². The topological polar surface area (TPSA) is 76.1 Å². The van der Waals surface area contributed by atoms with Crippen molar-refractivity contribution in [1.82, 2.24) is 4.90 Å². The van der Waals surface area contributed by atoms with Gasteiger partial charge in [0.2, 0.25) is 0 Å². The van der Waals surface area contributed by atoms with Crippen LogP contribution >= 0.6 is 0 Å². The standard InChI is InChI=1S/C74H119NO5/c1-52(2)54(5)27-29-57(8)65-37-39-67-59(24-23-43-73(65,67)11)32-33-60-50-62(35-31-56(60)7)79-70(77)25-17-13-15-19-46-75(48-21-22-49-76)47-20-16-14-18-26-71(78)80-63-41-44-72(10)61(51-63)34-36-64-68-40-38-66(74(68,12)45-42-69(64)72)58(9)30-28-55(6)53(3)4/h27-30,32-34,36,52-55,57-58,62-63,65-69,76H,7,13-26,31,35,37-51H2,1-6,8-12H3/b29-27+,30-28+,59-32+,60-33-. The highest BCUT2D eigenvalue weighted by atomic mass is 16.5. The molecule has 0 aromatic heterocycles. The number of aliphatic hydroxyl groups is 1. The number of carbonyl (C=O) groups excluding carboxylic acids is 2. The zero-order valence-electron chi connectivity index (χ0n) is 53.3. The van der Waals surface area contributed by atoms with Gasteiger partial charge < -0.3 is 19.5 Å². The van der Waals surface area contributed by atoms with Crippen molar-refractivity contribution >= 4 is 11.9 Å². The Bertz CT molecular complexity index is 2210. The summed E-state index contributed by atoms with van der Waals surface area (Å²) in [4.78, 5) is 28.9. The predicted octanol–water partition coefficient (Wildman–Crippen LogP) is 19.1. The molecule has 6 heteroatoms. The molecular weight excluding hydrogens is 983 g/mol. The zero-order chi connectivity index (χ0) is 57.6. The Morgan fingerprint density at radius 2 is 1.15 bits per heavy atom. The van der Waals surface area contributed by atoms with Gasteiger partial charge in [-0.1, -0.05) is 179 Å². The molecule has 80 heavy (non-hydrogen) atoms. The molecule has 0 spiro atoms. The SMILES string of the molecule is C=C1CCC(OC(=O)CCCCCCN(CCCCO)CCCCCCC(=O)OC2CCC3(C)C(=CC=C4C3CCC3(C)C4CCC3C(C)/C=C/C(C)C(C)C)C2)C/C1=C/C=C1\CCCC2(C)C1CCC2C(C)/C=C/C(C)C(C)C. The number of rotatable bonds is 29. The van der Waals surface area contributed by atoms with E-state index in [0.717, 1.165) is 134 Å². The lowest BCUT2D eigenvalue weighted by Crippen LogP contribution is -2.46. The van der Waals surface area contributed by atoms with Gasteiger partial charge in [-0.2, -0.15) is 0 Å². The number of carbonyl (C=O) groups is 2. The summed E-state index contributed by atoms with van der Waals surface area (Å²) in [6.07, 6.45) is 48.3. The summed E-state index contributed by atoms with van der Waals surface area (Å²) >= 11 is 0. The average Bonchev–Trinajstić information content (AvgIpc) is 4.06. The van der Waals surface area contributed by atoms with Crippen LogP contribution in [-0.2, 0) is 19.1 Å². The molecule has 0 aromatic rings. The first-order valence-corrected chi connectivity index (χ1v) is 33.8. The number of hydrogen-bond donors (Lipinski definition) is 1. The highest BCUT2D eigenvalue weighted by molar-refractivity contribution is 5.70. The van der Waals surface area contributed by atoms with Crippen LogP contribution in [0.3, 0.4) is 0 Å². The summed E-state index contributed by atoms with van der Waals surface area (Å²) in [7, 11) is 0. The van der Waals surface area contributed by atoms with Gasteiger partial charge in [0.15, 0.2) is 0 Å². The van der Waals surface area contributed by atoms with E-state index in [1.54, 1.807) is 11.1 Å². The molecule has 7 rings (SSSR count). The fraction of sp³-hybridized carbons (Fsp3) is 0.784. The van der Waals surface area contributed by atoms with Gasteiger partial charge in [-0.15, -0.1) is 0 Å². The van der Waals surface area contributed by atoms with E-state index in [1.807, 2.05) is 0 Å². The zero-order valence-corrected chi connectivity index (χ0v) is 53.3. The van der Waals surface area contributed by atoms with Crippen molar-refractivity contribution < 1.29 is 24.2 Å².